The van der Waals surface area contributed by atoms with Gasteiger partial charge in [0.15, 0.2) is 11.4 Å². The summed E-state index contributed by atoms with van der Waals surface area (Å²) in [5.74, 6) is 1.96. The zero-order chi connectivity index (χ0) is 21.2. The topological polar surface area (TPSA) is 95.0 Å². The van der Waals surface area contributed by atoms with Crippen LogP contribution in [-0.4, -0.2) is 56.5 Å². The highest BCUT2D eigenvalue weighted by molar-refractivity contribution is 5.70. The number of piperidine rings is 1. The molecule has 0 aromatic carbocycles. The molecule has 1 fully saturated rings. The van der Waals surface area contributed by atoms with Crippen molar-refractivity contribution in [3.8, 4) is 11.5 Å². The molecule has 5 rings (SSSR count). The van der Waals surface area contributed by atoms with E-state index in [0.717, 1.165) is 48.7 Å². The molecule has 1 aliphatic rings. The van der Waals surface area contributed by atoms with Gasteiger partial charge in [-0.2, -0.15) is 4.98 Å². The van der Waals surface area contributed by atoms with Gasteiger partial charge >= 0.3 is 0 Å². The third kappa shape index (κ3) is 4.00. The maximum Gasteiger partial charge on any atom is 0.299 e. The number of hydrogen-bond acceptors (Lipinski definition) is 8. The van der Waals surface area contributed by atoms with Crippen molar-refractivity contribution in [2.24, 2.45) is 0 Å². The van der Waals surface area contributed by atoms with E-state index in [2.05, 4.69) is 19.9 Å². The van der Waals surface area contributed by atoms with Crippen molar-refractivity contribution in [2.45, 2.75) is 32.2 Å². The number of oxazole rings is 1. The van der Waals surface area contributed by atoms with E-state index in [1.165, 1.54) is 0 Å². The number of anilines is 1. The molecule has 0 spiro atoms. The van der Waals surface area contributed by atoms with Crippen LogP contribution in [0.1, 0.15) is 30.3 Å². The normalized spacial score (nSPS) is 15.1. The number of ether oxygens (including phenoxy) is 1. The van der Waals surface area contributed by atoms with Gasteiger partial charge in [0.25, 0.3) is 6.01 Å². The number of hydrogen-bond donors (Lipinski definition) is 0. The molecule has 9 heteroatoms. The molecule has 31 heavy (non-hydrogen) atoms. The first-order valence-electron chi connectivity index (χ1n) is 10.6. The van der Waals surface area contributed by atoms with Gasteiger partial charge in [0.1, 0.15) is 11.5 Å². The highest BCUT2D eigenvalue weighted by atomic mass is 16.5. The van der Waals surface area contributed by atoms with Crippen LogP contribution < -0.4 is 4.90 Å². The SMILES string of the molecule is COCCn1nc(-c2ccccn2)nc1C1CCN(c2nc3nc(C)ccc3o2)CC1. The van der Waals surface area contributed by atoms with Gasteiger partial charge in [-0.25, -0.2) is 14.6 Å². The molecule has 0 unspecified atom stereocenters. The first kappa shape index (κ1) is 19.6. The van der Waals surface area contributed by atoms with Gasteiger partial charge in [0, 0.05) is 38.0 Å². The summed E-state index contributed by atoms with van der Waals surface area (Å²) in [7, 11) is 1.70. The van der Waals surface area contributed by atoms with E-state index >= 15 is 0 Å². The van der Waals surface area contributed by atoms with Gasteiger partial charge in [-0.05, 0) is 44.0 Å². The molecule has 0 atom stereocenters. The predicted molar refractivity (Wildman–Crippen MR) is 116 cm³/mol. The molecule has 1 aliphatic heterocycles. The van der Waals surface area contributed by atoms with E-state index in [1.54, 1.807) is 13.3 Å². The van der Waals surface area contributed by atoms with E-state index in [1.807, 2.05) is 41.9 Å². The third-order valence-corrected chi connectivity index (χ3v) is 5.61. The lowest BCUT2D eigenvalue weighted by Gasteiger charge is -2.30. The van der Waals surface area contributed by atoms with Crippen LogP contribution in [0.2, 0.25) is 0 Å². The van der Waals surface area contributed by atoms with E-state index in [-0.39, 0.29) is 0 Å². The Morgan fingerprint density at radius 1 is 1.10 bits per heavy atom. The Morgan fingerprint density at radius 2 is 1.97 bits per heavy atom. The summed E-state index contributed by atoms with van der Waals surface area (Å²) < 4.78 is 13.2. The lowest BCUT2D eigenvalue weighted by molar-refractivity contribution is 0.181. The fourth-order valence-electron chi connectivity index (χ4n) is 3.97. The summed E-state index contributed by atoms with van der Waals surface area (Å²) >= 11 is 0. The molecule has 5 heterocycles. The number of aromatic nitrogens is 6. The van der Waals surface area contributed by atoms with Crippen molar-refractivity contribution >= 4 is 17.2 Å². The highest BCUT2D eigenvalue weighted by Crippen LogP contribution is 2.31. The van der Waals surface area contributed by atoms with E-state index in [9.17, 15) is 0 Å². The Balaban J connectivity index is 1.34. The van der Waals surface area contributed by atoms with E-state index in [4.69, 9.17) is 19.2 Å². The Hall–Kier alpha value is -3.33. The van der Waals surface area contributed by atoms with Gasteiger partial charge in [0.05, 0.1) is 13.2 Å². The van der Waals surface area contributed by atoms with Crippen LogP contribution in [0.4, 0.5) is 6.01 Å². The maximum atomic E-state index is 5.94. The summed E-state index contributed by atoms with van der Waals surface area (Å²) in [5, 5.41) is 4.72. The van der Waals surface area contributed by atoms with Crippen LogP contribution >= 0.6 is 0 Å². The van der Waals surface area contributed by atoms with Gasteiger partial charge < -0.3 is 14.1 Å². The van der Waals surface area contributed by atoms with Crippen molar-refractivity contribution in [2.75, 3.05) is 31.7 Å². The van der Waals surface area contributed by atoms with Crippen molar-refractivity contribution in [3.05, 3.63) is 48.0 Å². The van der Waals surface area contributed by atoms with Gasteiger partial charge in [-0.15, -0.1) is 5.10 Å². The Morgan fingerprint density at radius 3 is 2.74 bits per heavy atom. The molecule has 0 amide bonds. The number of pyridine rings is 2. The van der Waals surface area contributed by atoms with E-state index in [0.29, 0.717) is 36.6 Å². The van der Waals surface area contributed by atoms with Gasteiger partial charge in [-0.3, -0.25) is 4.98 Å². The molecule has 9 nitrogen and oxygen atoms in total. The summed E-state index contributed by atoms with van der Waals surface area (Å²) in [4.78, 5) is 20.5. The fraction of sp³-hybridized carbons (Fsp3) is 0.409. The summed E-state index contributed by atoms with van der Waals surface area (Å²) in [6.07, 6.45) is 3.65. The van der Waals surface area contributed by atoms with Crippen molar-refractivity contribution in [1.82, 2.24) is 29.7 Å². The van der Waals surface area contributed by atoms with Crippen molar-refractivity contribution in [1.29, 1.82) is 0 Å². The van der Waals surface area contributed by atoms with Crippen LogP contribution in [0, 0.1) is 6.92 Å². The predicted octanol–water partition coefficient (Wildman–Crippen LogP) is 3.22. The van der Waals surface area contributed by atoms with E-state index < -0.39 is 0 Å². The molecule has 0 bridgehead atoms. The first-order chi connectivity index (χ1) is 15.2. The van der Waals surface area contributed by atoms with Crippen LogP contribution in [0.15, 0.2) is 40.9 Å². The molecule has 0 radical (unpaired) electrons. The zero-order valence-electron chi connectivity index (χ0n) is 17.7. The smallest absolute Gasteiger partial charge is 0.299 e. The maximum absolute atomic E-state index is 5.94. The van der Waals surface area contributed by atoms with Crippen molar-refractivity contribution < 1.29 is 9.15 Å². The second kappa shape index (κ2) is 8.43. The molecular weight excluding hydrogens is 394 g/mol. The second-order valence-electron chi connectivity index (χ2n) is 7.76. The van der Waals surface area contributed by atoms with Crippen molar-refractivity contribution in [3.63, 3.8) is 0 Å². The monoisotopic (exact) mass is 419 g/mol. The molecule has 0 N–H and O–H groups in total. The third-order valence-electron chi connectivity index (χ3n) is 5.61. The molecule has 0 aliphatic carbocycles. The highest BCUT2D eigenvalue weighted by Gasteiger charge is 2.28. The number of fused-ring (bicyclic) bond motifs is 1. The minimum absolute atomic E-state index is 0.308. The standard InChI is InChI=1S/C22H25N7O2/c1-15-6-7-18-20(24-15)26-22(31-18)28-11-8-16(9-12-28)21-25-19(17-5-3-4-10-23-17)27-29(21)13-14-30-2/h3-7,10,16H,8-9,11-14H2,1-2H3. The molecule has 4 aromatic rings. The van der Waals surface area contributed by atoms with Gasteiger partial charge in [0.2, 0.25) is 5.65 Å². The fourth-order valence-corrected chi connectivity index (χ4v) is 3.97. The minimum atomic E-state index is 0.308. The lowest BCUT2D eigenvalue weighted by atomic mass is 9.96. The van der Waals surface area contributed by atoms with Crippen LogP contribution in [0.3, 0.4) is 0 Å². The zero-order valence-corrected chi connectivity index (χ0v) is 17.7. The lowest BCUT2D eigenvalue weighted by Crippen LogP contribution is -2.34. The molecule has 160 valence electrons. The average molecular weight is 419 g/mol. The van der Waals surface area contributed by atoms with Crippen LogP contribution in [-0.2, 0) is 11.3 Å². The number of methoxy groups -OCH3 is 1. The van der Waals surface area contributed by atoms with Gasteiger partial charge in [-0.1, -0.05) is 6.07 Å². The second-order valence-corrected chi connectivity index (χ2v) is 7.76. The Bertz CT molecular complexity index is 1160. The first-order valence-corrected chi connectivity index (χ1v) is 10.6. The Kier molecular flexibility index (Phi) is 5.33. The van der Waals surface area contributed by atoms with Crippen LogP contribution in [0.5, 0.6) is 0 Å². The van der Waals surface area contributed by atoms with Crippen LogP contribution in [0.25, 0.3) is 22.7 Å². The summed E-state index contributed by atoms with van der Waals surface area (Å²) in [6.45, 7) is 4.89. The number of nitrogens with zero attached hydrogens (tertiary/aromatic N) is 7. The minimum Gasteiger partial charge on any atom is -0.422 e. The summed E-state index contributed by atoms with van der Waals surface area (Å²) in [6, 6.07) is 10.3. The Labute approximate surface area is 180 Å². The average Bonchev–Trinajstić information content (AvgIpc) is 3.42. The number of rotatable bonds is 6. The molecule has 4 aromatic heterocycles. The largest absolute Gasteiger partial charge is 0.422 e. The number of aryl methyl sites for hydroxylation is 1. The molecule has 0 saturated carbocycles. The quantitative estimate of drug-likeness (QED) is 0.470. The molecular formula is C22H25N7O2. The molecule has 1 saturated heterocycles. The summed E-state index contributed by atoms with van der Waals surface area (Å²) in [5.41, 5.74) is 3.11.